The molecule has 3 aromatic rings. The van der Waals surface area contributed by atoms with Gasteiger partial charge in [0, 0.05) is 23.5 Å². The summed E-state index contributed by atoms with van der Waals surface area (Å²) in [7, 11) is 0. The second-order valence-corrected chi connectivity index (χ2v) is 4.90. The van der Waals surface area contributed by atoms with Gasteiger partial charge in [-0.2, -0.15) is 5.26 Å². The second kappa shape index (κ2) is 5.66. The molecule has 4 nitrogen and oxygen atoms in total. The topological polar surface area (TPSA) is 69.5 Å². The number of pyridine rings is 2. The predicted molar refractivity (Wildman–Crippen MR) is 85.2 cm³/mol. The molecule has 4 heteroatoms. The maximum absolute atomic E-state index is 12.3. The monoisotopic (exact) mass is 287 g/mol. The molecular formula is C18H13N3O. The first kappa shape index (κ1) is 13.8. The van der Waals surface area contributed by atoms with Gasteiger partial charge in [-0.3, -0.25) is 9.78 Å². The van der Waals surface area contributed by atoms with E-state index in [1.807, 2.05) is 31.2 Å². The van der Waals surface area contributed by atoms with Crippen LogP contribution >= 0.6 is 0 Å². The van der Waals surface area contributed by atoms with Gasteiger partial charge >= 0.3 is 0 Å². The summed E-state index contributed by atoms with van der Waals surface area (Å²) in [6, 6.07) is 14.9. The number of nitrogens with zero attached hydrogens (tertiary/aromatic N) is 2. The summed E-state index contributed by atoms with van der Waals surface area (Å²) < 4.78 is 0. The van der Waals surface area contributed by atoms with Gasteiger partial charge in [-0.05, 0) is 30.7 Å². The van der Waals surface area contributed by atoms with E-state index in [4.69, 9.17) is 0 Å². The molecule has 0 bridgehead atoms. The highest BCUT2D eigenvalue weighted by molar-refractivity contribution is 5.78. The Hall–Kier alpha value is -3.19. The standard InChI is InChI=1S/C18H13N3O/c1-12-15(16-8-4-5-9-20-16)11-21-18(22)17(12)14-7-3-2-6-13(14)10-19/h2-9,11H,1H3,(H,21,22). The van der Waals surface area contributed by atoms with Crippen molar-refractivity contribution in [1.82, 2.24) is 9.97 Å². The third-order valence-corrected chi connectivity index (χ3v) is 3.61. The van der Waals surface area contributed by atoms with Crippen LogP contribution in [0.3, 0.4) is 0 Å². The summed E-state index contributed by atoms with van der Waals surface area (Å²) in [6.07, 6.45) is 3.38. The number of rotatable bonds is 2. The Bertz CT molecular complexity index is 921. The van der Waals surface area contributed by atoms with E-state index in [1.165, 1.54) is 0 Å². The van der Waals surface area contributed by atoms with Crippen molar-refractivity contribution in [2.45, 2.75) is 6.92 Å². The summed E-state index contributed by atoms with van der Waals surface area (Å²) in [5.74, 6) is 0. The van der Waals surface area contributed by atoms with Gasteiger partial charge in [-0.1, -0.05) is 24.3 Å². The van der Waals surface area contributed by atoms with Crippen molar-refractivity contribution in [3.63, 3.8) is 0 Å². The lowest BCUT2D eigenvalue weighted by Gasteiger charge is -2.11. The first-order valence-electron chi connectivity index (χ1n) is 6.85. The van der Waals surface area contributed by atoms with Crippen LogP contribution in [0.1, 0.15) is 11.1 Å². The Balaban J connectivity index is 2.30. The lowest BCUT2D eigenvalue weighted by molar-refractivity contribution is 1.19. The third-order valence-electron chi connectivity index (χ3n) is 3.61. The number of aromatic nitrogens is 2. The van der Waals surface area contributed by atoms with Crippen LogP contribution in [0.4, 0.5) is 0 Å². The van der Waals surface area contributed by atoms with Crippen LogP contribution in [0.15, 0.2) is 59.7 Å². The van der Waals surface area contributed by atoms with E-state index in [1.54, 1.807) is 30.6 Å². The molecule has 0 aliphatic carbocycles. The second-order valence-electron chi connectivity index (χ2n) is 4.90. The van der Waals surface area contributed by atoms with Crippen molar-refractivity contribution in [2.75, 3.05) is 0 Å². The zero-order valence-electron chi connectivity index (χ0n) is 12.0. The number of aromatic amines is 1. The number of nitriles is 1. The van der Waals surface area contributed by atoms with Crippen LogP contribution < -0.4 is 5.56 Å². The molecule has 3 rings (SSSR count). The summed E-state index contributed by atoms with van der Waals surface area (Å²) >= 11 is 0. The van der Waals surface area contributed by atoms with Gasteiger partial charge in [0.25, 0.3) is 5.56 Å². The Morgan fingerprint density at radius 2 is 1.86 bits per heavy atom. The maximum Gasteiger partial charge on any atom is 0.256 e. The number of nitrogens with one attached hydrogen (secondary N) is 1. The van der Waals surface area contributed by atoms with Crippen molar-refractivity contribution >= 4 is 0 Å². The largest absolute Gasteiger partial charge is 0.328 e. The smallest absolute Gasteiger partial charge is 0.256 e. The van der Waals surface area contributed by atoms with E-state index in [0.717, 1.165) is 16.8 Å². The summed E-state index contributed by atoms with van der Waals surface area (Å²) in [6.45, 7) is 1.88. The maximum atomic E-state index is 12.3. The molecule has 106 valence electrons. The Labute approximate surface area is 127 Å². The minimum atomic E-state index is -0.208. The zero-order chi connectivity index (χ0) is 15.5. The van der Waals surface area contributed by atoms with Gasteiger partial charge in [0.05, 0.1) is 22.9 Å². The van der Waals surface area contributed by atoms with Gasteiger partial charge in [0.15, 0.2) is 0 Å². The number of hydrogen-bond donors (Lipinski definition) is 1. The quantitative estimate of drug-likeness (QED) is 0.786. The molecule has 22 heavy (non-hydrogen) atoms. The Morgan fingerprint density at radius 3 is 2.59 bits per heavy atom. The van der Waals surface area contributed by atoms with E-state index in [-0.39, 0.29) is 5.56 Å². The lowest BCUT2D eigenvalue weighted by atomic mass is 9.94. The van der Waals surface area contributed by atoms with Gasteiger partial charge in [-0.25, -0.2) is 0 Å². The molecule has 2 aromatic heterocycles. The average Bonchev–Trinajstić information content (AvgIpc) is 2.56. The highest BCUT2D eigenvalue weighted by Crippen LogP contribution is 2.29. The third kappa shape index (κ3) is 2.29. The lowest BCUT2D eigenvalue weighted by Crippen LogP contribution is -2.12. The molecule has 0 radical (unpaired) electrons. The van der Waals surface area contributed by atoms with Crippen molar-refractivity contribution in [2.24, 2.45) is 0 Å². The van der Waals surface area contributed by atoms with Crippen molar-refractivity contribution in [3.8, 4) is 28.5 Å². The highest BCUT2D eigenvalue weighted by atomic mass is 16.1. The fourth-order valence-corrected chi connectivity index (χ4v) is 2.53. The summed E-state index contributed by atoms with van der Waals surface area (Å²) in [4.78, 5) is 19.4. The molecule has 0 saturated heterocycles. The number of H-pyrrole nitrogens is 1. The minimum absolute atomic E-state index is 0.208. The highest BCUT2D eigenvalue weighted by Gasteiger charge is 2.15. The number of hydrogen-bond acceptors (Lipinski definition) is 3. The molecule has 0 spiro atoms. The average molecular weight is 287 g/mol. The van der Waals surface area contributed by atoms with Crippen molar-refractivity contribution < 1.29 is 0 Å². The molecule has 0 unspecified atom stereocenters. The zero-order valence-corrected chi connectivity index (χ0v) is 12.0. The van der Waals surface area contributed by atoms with E-state index in [0.29, 0.717) is 16.7 Å². The first-order chi connectivity index (χ1) is 10.7. The van der Waals surface area contributed by atoms with Gasteiger partial charge in [0.1, 0.15) is 0 Å². The molecule has 0 fully saturated rings. The summed E-state index contributed by atoms with van der Waals surface area (Å²) in [5, 5.41) is 9.27. The molecule has 0 amide bonds. The van der Waals surface area contributed by atoms with Crippen LogP contribution in [0, 0.1) is 18.3 Å². The van der Waals surface area contributed by atoms with E-state index >= 15 is 0 Å². The molecule has 2 heterocycles. The van der Waals surface area contributed by atoms with Crippen molar-refractivity contribution in [3.05, 3.63) is 76.3 Å². The van der Waals surface area contributed by atoms with E-state index < -0.39 is 0 Å². The predicted octanol–water partition coefficient (Wildman–Crippen LogP) is 3.28. The number of benzene rings is 1. The molecule has 1 aromatic carbocycles. The van der Waals surface area contributed by atoms with E-state index in [9.17, 15) is 10.1 Å². The van der Waals surface area contributed by atoms with E-state index in [2.05, 4.69) is 16.0 Å². The van der Waals surface area contributed by atoms with Gasteiger partial charge in [-0.15, -0.1) is 0 Å². The van der Waals surface area contributed by atoms with Crippen LogP contribution in [-0.4, -0.2) is 9.97 Å². The van der Waals surface area contributed by atoms with Crippen LogP contribution in [0.25, 0.3) is 22.4 Å². The fourth-order valence-electron chi connectivity index (χ4n) is 2.53. The molecular weight excluding hydrogens is 274 g/mol. The molecule has 0 aliphatic rings. The van der Waals surface area contributed by atoms with Gasteiger partial charge in [0.2, 0.25) is 0 Å². The molecule has 0 aliphatic heterocycles. The van der Waals surface area contributed by atoms with Gasteiger partial charge < -0.3 is 4.98 Å². The normalized spacial score (nSPS) is 10.2. The molecule has 1 N–H and O–H groups in total. The van der Waals surface area contributed by atoms with Crippen molar-refractivity contribution in [1.29, 1.82) is 5.26 Å². The Morgan fingerprint density at radius 1 is 1.09 bits per heavy atom. The molecule has 0 saturated carbocycles. The Kier molecular flexibility index (Phi) is 3.55. The van der Waals surface area contributed by atoms with Crippen LogP contribution in [-0.2, 0) is 0 Å². The first-order valence-corrected chi connectivity index (χ1v) is 6.85. The summed E-state index contributed by atoms with van der Waals surface area (Å²) in [5.41, 5.74) is 3.87. The minimum Gasteiger partial charge on any atom is -0.328 e. The SMILES string of the molecule is Cc1c(-c2ccccn2)c[nH]c(=O)c1-c1ccccc1C#N. The fraction of sp³-hybridized carbons (Fsp3) is 0.0556. The van der Waals surface area contributed by atoms with Crippen LogP contribution in [0.2, 0.25) is 0 Å². The molecule has 0 atom stereocenters. The van der Waals surface area contributed by atoms with Crippen LogP contribution in [0.5, 0.6) is 0 Å².